The summed E-state index contributed by atoms with van der Waals surface area (Å²) in [5, 5.41) is 19.2. The van der Waals surface area contributed by atoms with Gasteiger partial charge in [0.05, 0.1) is 17.3 Å². The average molecular weight is 712 g/mol. The van der Waals surface area contributed by atoms with E-state index in [1.54, 1.807) is 23.9 Å². The van der Waals surface area contributed by atoms with E-state index >= 15 is 0 Å². The number of hydrogen-bond donors (Lipinski definition) is 2. The number of nitrogens with zero attached hydrogens (tertiary/aromatic N) is 6. The van der Waals surface area contributed by atoms with Gasteiger partial charge in [-0.15, -0.1) is 0 Å². The van der Waals surface area contributed by atoms with Gasteiger partial charge in [-0.1, -0.05) is 37.3 Å². The first-order valence-corrected chi connectivity index (χ1v) is 21.3. The number of amides is 1. The van der Waals surface area contributed by atoms with Crippen LogP contribution in [0.4, 0.5) is 5.82 Å². The van der Waals surface area contributed by atoms with Crippen molar-refractivity contribution in [2.75, 3.05) is 38.1 Å². The summed E-state index contributed by atoms with van der Waals surface area (Å²) in [6.45, 7) is 13.4. The summed E-state index contributed by atoms with van der Waals surface area (Å²) < 4.78 is 13.6. The van der Waals surface area contributed by atoms with E-state index in [0.717, 1.165) is 55.1 Å². The molecule has 1 atom stereocenters. The van der Waals surface area contributed by atoms with Crippen molar-refractivity contribution in [3.63, 3.8) is 0 Å². The standard InChI is InChI=1S/C35H50ClN7O5Si/c1-25(44)42-13-9-28(10-14-42)40-34-17-31(37-23-38-34)32(46)7-6-29(45)21-41-12-11-30-27(20-41)5-8-33(35(30)36)48-22-26-18-39-43(19-26)24-47-15-16-49(2,3)4/h5,8,17-19,23,28-29,45H,6-7,9-16,20-22,24H2,1-4H3,(H,37,38,40)/t29-/m0/s1. The monoisotopic (exact) mass is 711 g/mol. The molecule has 4 heterocycles. The Morgan fingerprint density at radius 3 is 2.71 bits per heavy atom. The molecule has 266 valence electrons. The number of carbonyl (C=O) groups excluding carboxylic acids is 2. The van der Waals surface area contributed by atoms with Crippen LogP contribution in [-0.4, -0.2) is 99.4 Å². The van der Waals surface area contributed by atoms with E-state index in [1.165, 1.54) is 6.33 Å². The summed E-state index contributed by atoms with van der Waals surface area (Å²) >= 11 is 6.80. The zero-order chi connectivity index (χ0) is 35.0. The van der Waals surface area contributed by atoms with Gasteiger partial charge in [-0.05, 0) is 48.9 Å². The molecule has 1 amide bonds. The van der Waals surface area contributed by atoms with Gasteiger partial charge in [0.25, 0.3) is 0 Å². The summed E-state index contributed by atoms with van der Waals surface area (Å²) in [6, 6.07) is 6.93. The lowest BCUT2D eigenvalue weighted by molar-refractivity contribution is -0.129. The zero-order valence-electron chi connectivity index (χ0n) is 29.2. The number of ketones is 1. The number of β-amino-alcohol motifs (C(OH)–C–C–N with tert-alkyl or cyclic N) is 1. The van der Waals surface area contributed by atoms with E-state index in [9.17, 15) is 14.7 Å². The Kier molecular flexibility index (Phi) is 12.8. The number of fused-ring (bicyclic) bond motifs is 1. The molecule has 2 aliphatic heterocycles. The predicted octanol–water partition coefficient (Wildman–Crippen LogP) is 5.02. The highest BCUT2D eigenvalue weighted by Gasteiger charge is 2.24. The molecule has 0 bridgehead atoms. The number of hydrogen-bond acceptors (Lipinski definition) is 10. The molecule has 49 heavy (non-hydrogen) atoms. The van der Waals surface area contributed by atoms with Gasteiger partial charge in [-0.3, -0.25) is 14.5 Å². The number of ether oxygens (including phenoxy) is 2. The predicted molar refractivity (Wildman–Crippen MR) is 192 cm³/mol. The van der Waals surface area contributed by atoms with Crippen molar-refractivity contribution in [3.05, 3.63) is 64.3 Å². The lowest BCUT2D eigenvalue weighted by Gasteiger charge is -2.32. The lowest BCUT2D eigenvalue weighted by atomic mass is 9.98. The van der Waals surface area contributed by atoms with Crippen LogP contribution in [0.5, 0.6) is 5.75 Å². The first kappa shape index (κ1) is 36.9. The van der Waals surface area contributed by atoms with Gasteiger partial charge in [0.15, 0.2) is 5.78 Å². The van der Waals surface area contributed by atoms with Crippen LogP contribution >= 0.6 is 11.6 Å². The molecule has 14 heteroatoms. The van der Waals surface area contributed by atoms with E-state index < -0.39 is 14.2 Å². The molecule has 1 saturated heterocycles. The van der Waals surface area contributed by atoms with Crippen molar-refractivity contribution in [1.82, 2.24) is 29.5 Å². The van der Waals surface area contributed by atoms with Crippen LogP contribution in [0.15, 0.2) is 36.9 Å². The van der Waals surface area contributed by atoms with Crippen LogP contribution in [-0.2, 0) is 35.8 Å². The van der Waals surface area contributed by atoms with Crippen LogP contribution < -0.4 is 10.1 Å². The normalized spacial score (nSPS) is 16.3. The third-order valence-corrected chi connectivity index (χ3v) is 11.2. The Morgan fingerprint density at radius 2 is 1.96 bits per heavy atom. The second kappa shape index (κ2) is 17.0. The van der Waals surface area contributed by atoms with Crippen LogP contribution in [0.1, 0.15) is 59.8 Å². The van der Waals surface area contributed by atoms with Crippen molar-refractivity contribution in [2.24, 2.45) is 0 Å². The molecule has 1 aromatic carbocycles. The van der Waals surface area contributed by atoms with Crippen LogP contribution in [0.25, 0.3) is 0 Å². The summed E-state index contributed by atoms with van der Waals surface area (Å²) in [7, 11) is -1.12. The highest BCUT2D eigenvalue weighted by atomic mass is 35.5. The smallest absolute Gasteiger partial charge is 0.219 e. The molecule has 2 aliphatic rings. The Morgan fingerprint density at radius 1 is 1.16 bits per heavy atom. The third-order valence-electron chi connectivity index (χ3n) is 9.10. The molecular weight excluding hydrogens is 662 g/mol. The van der Waals surface area contributed by atoms with Gasteiger partial charge in [-0.2, -0.15) is 5.10 Å². The molecule has 0 saturated carbocycles. The SMILES string of the molecule is CC(=O)N1CCC(Nc2cc(C(=O)CC[C@H](O)CN3CCc4c(ccc(OCc5cnn(COCC[Si](C)(C)C)c5)c4Cl)C3)ncn2)CC1. The zero-order valence-corrected chi connectivity index (χ0v) is 30.9. The average Bonchev–Trinajstić information content (AvgIpc) is 3.53. The second-order valence-corrected chi connectivity index (χ2v) is 20.4. The second-order valence-electron chi connectivity index (χ2n) is 14.4. The topological polar surface area (TPSA) is 135 Å². The molecule has 1 fully saturated rings. The number of piperidine rings is 1. The fraction of sp³-hybridized carbons (Fsp3) is 0.571. The lowest BCUT2D eigenvalue weighted by Crippen LogP contribution is -2.41. The van der Waals surface area contributed by atoms with E-state index in [1.807, 2.05) is 23.2 Å². The molecule has 0 unspecified atom stereocenters. The minimum Gasteiger partial charge on any atom is -0.487 e. The van der Waals surface area contributed by atoms with E-state index in [4.69, 9.17) is 21.1 Å². The van der Waals surface area contributed by atoms with Crippen molar-refractivity contribution in [3.8, 4) is 5.75 Å². The first-order valence-electron chi connectivity index (χ1n) is 17.2. The third kappa shape index (κ3) is 11.1. The molecule has 5 rings (SSSR count). The highest BCUT2D eigenvalue weighted by Crippen LogP contribution is 2.34. The first-order chi connectivity index (χ1) is 23.4. The summed E-state index contributed by atoms with van der Waals surface area (Å²) in [5.41, 5.74) is 3.47. The van der Waals surface area contributed by atoms with Crippen LogP contribution in [0.3, 0.4) is 0 Å². The number of halogens is 1. The van der Waals surface area contributed by atoms with E-state index in [0.29, 0.717) is 68.2 Å². The van der Waals surface area contributed by atoms with Gasteiger partial charge in [-0.25, -0.2) is 14.6 Å². The van der Waals surface area contributed by atoms with Gasteiger partial charge in [0, 0.05) is 84.6 Å². The Balaban J connectivity index is 1.04. The Bertz CT molecular complexity index is 1570. The highest BCUT2D eigenvalue weighted by molar-refractivity contribution is 6.76. The largest absolute Gasteiger partial charge is 0.487 e. The van der Waals surface area contributed by atoms with Crippen LogP contribution in [0.2, 0.25) is 30.7 Å². The minimum atomic E-state index is -1.12. The van der Waals surface area contributed by atoms with Crippen molar-refractivity contribution < 1.29 is 24.2 Å². The number of likely N-dealkylation sites (tertiary alicyclic amines) is 1. The van der Waals surface area contributed by atoms with Crippen molar-refractivity contribution in [1.29, 1.82) is 0 Å². The molecule has 0 radical (unpaired) electrons. The number of Topliss-reactive ketones (excluding diaryl/α,β-unsaturated/α-hetero) is 1. The molecule has 12 nitrogen and oxygen atoms in total. The van der Waals surface area contributed by atoms with Crippen LogP contribution in [0, 0.1) is 0 Å². The number of aliphatic hydroxyl groups is 1. The molecule has 2 aromatic heterocycles. The maximum Gasteiger partial charge on any atom is 0.219 e. The summed E-state index contributed by atoms with van der Waals surface area (Å²) in [4.78, 5) is 37.0. The molecule has 0 aliphatic carbocycles. The fourth-order valence-electron chi connectivity index (χ4n) is 6.12. The number of rotatable bonds is 16. The summed E-state index contributed by atoms with van der Waals surface area (Å²) in [6.07, 6.45) is 7.39. The van der Waals surface area contributed by atoms with Crippen molar-refractivity contribution in [2.45, 2.75) is 96.7 Å². The van der Waals surface area contributed by atoms with E-state index in [-0.39, 0.29) is 24.2 Å². The maximum absolute atomic E-state index is 12.9. The molecule has 2 N–H and O–H groups in total. The number of aliphatic hydroxyl groups excluding tert-OH is 1. The molecule has 3 aromatic rings. The van der Waals surface area contributed by atoms with Gasteiger partial charge >= 0.3 is 0 Å². The fourth-order valence-corrected chi connectivity index (χ4v) is 7.21. The number of nitrogens with one attached hydrogen (secondary N) is 1. The maximum atomic E-state index is 12.9. The molecule has 0 spiro atoms. The van der Waals surface area contributed by atoms with Crippen molar-refractivity contribution >= 4 is 37.2 Å². The Labute approximate surface area is 295 Å². The Hall–Kier alpha value is -3.36. The number of carbonyl (C=O) groups is 2. The minimum absolute atomic E-state index is 0.0933. The number of aromatic nitrogens is 4. The quantitative estimate of drug-likeness (QED) is 0.118. The van der Waals surface area contributed by atoms with E-state index in [2.05, 4.69) is 44.9 Å². The number of benzene rings is 1. The molecular formula is C35H50ClN7O5Si. The van der Waals surface area contributed by atoms with Gasteiger partial charge in [0.2, 0.25) is 5.91 Å². The van der Waals surface area contributed by atoms with Gasteiger partial charge < -0.3 is 24.8 Å². The number of anilines is 1. The van der Waals surface area contributed by atoms with Gasteiger partial charge in [0.1, 0.15) is 36.9 Å². The summed E-state index contributed by atoms with van der Waals surface area (Å²) in [5.74, 6) is 1.21.